The van der Waals surface area contributed by atoms with Gasteiger partial charge in [-0.1, -0.05) is 97.1 Å². The van der Waals surface area contributed by atoms with E-state index in [2.05, 4.69) is 29.4 Å². The number of pyridine rings is 1. The molecular weight excluding hydrogens is 416 g/mol. The van der Waals surface area contributed by atoms with Gasteiger partial charge in [0.15, 0.2) is 0 Å². The number of rotatable bonds is 6. The topological polar surface area (TPSA) is 39.3 Å². The Balaban J connectivity index is 1.74. The lowest BCUT2D eigenvalue weighted by molar-refractivity contribution is -0.659. The Bertz CT molecular complexity index is 1340. The van der Waals surface area contributed by atoms with Crippen LogP contribution in [0.25, 0.3) is 33.6 Å². The molecule has 0 aliphatic heterocycles. The highest BCUT2D eigenvalue weighted by Crippen LogP contribution is 2.29. The summed E-state index contributed by atoms with van der Waals surface area (Å²) in [6.07, 6.45) is 0.247. The number of hydrogen-bond acceptors (Lipinski definition) is 2. The van der Waals surface area contributed by atoms with Crippen LogP contribution >= 0.6 is 0 Å². The third-order valence-corrected chi connectivity index (χ3v) is 5.70. The molecular formula is C31H24N2O. The van der Waals surface area contributed by atoms with Crippen LogP contribution in [0.4, 0.5) is 0 Å². The lowest BCUT2D eigenvalue weighted by Gasteiger charge is -2.12. The molecule has 0 atom stereocenters. The molecule has 34 heavy (non-hydrogen) atoms. The highest BCUT2D eigenvalue weighted by molar-refractivity contribution is 5.76. The number of aromatic nitrogens is 1. The second-order valence-corrected chi connectivity index (χ2v) is 8.08. The van der Waals surface area contributed by atoms with Crippen LogP contribution in [0.3, 0.4) is 0 Å². The number of nitrogens with zero attached hydrogens (tertiary/aromatic N) is 2. The fraction of sp³-hybridized carbons (Fsp3) is 0.0323. The van der Waals surface area contributed by atoms with Crippen LogP contribution in [0.1, 0.15) is 5.56 Å². The largest absolute Gasteiger partial charge is 0.857 e. The molecule has 5 aromatic rings. The van der Waals surface area contributed by atoms with Crippen molar-refractivity contribution in [1.29, 1.82) is 0 Å². The molecule has 0 spiro atoms. The third-order valence-electron chi connectivity index (χ3n) is 5.70. The van der Waals surface area contributed by atoms with Crippen molar-refractivity contribution in [1.82, 2.24) is 0 Å². The van der Waals surface area contributed by atoms with Crippen molar-refractivity contribution >= 4 is 5.90 Å². The maximum absolute atomic E-state index is 13.1. The van der Waals surface area contributed by atoms with Gasteiger partial charge in [-0.05, 0) is 50.7 Å². The molecule has 0 unspecified atom stereocenters. The summed E-state index contributed by atoms with van der Waals surface area (Å²) < 4.78 is 1.79. The quantitative estimate of drug-likeness (QED) is 0.189. The van der Waals surface area contributed by atoms with E-state index in [-0.39, 0.29) is 12.3 Å². The van der Waals surface area contributed by atoms with Crippen molar-refractivity contribution < 1.29 is 9.78 Å². The molecule has 0 radical (unpaired) electrons. The first-order valence-corrected chi connectivity index (χ1v) is 11.3. The molecule has 1 aromatic heterocycles. The van der Waals surface area contributed by atoms with E-state index >= 15 is 0 Å². The maximum Gasteiger partial charge on any atom is 0.246 e. The van der Waals surface area contributed by atoms with Gasteiger partial charge in [0.25, 0.3) is 0 Å². The van der Waals surface area contributed by atoms with Crippen LogP contribution in [-0.4, -0.2) is 5.90 Å². The van der Waals surface area contributed by atoms with Gasteiger partial charge in [0.1, 0.15) is 0 Å². The lowest BCUT2D eigenvalue weighted by Crippen LogP contribution is -2.38. The van der Waals surface area contributed by atoms with Crippen LogP contribution in [0.15, 0.2) is 139 Å². The number of hydrogen-bond donors (Lipinski definition) is 0. The van der Waals surface area contributed by atoms with E-state index in [1.165, 1.54) is 0 Å². The van der Waals surface area contributed by atoms with E-state index in [4.69, 9.17) is 0 Å². The Morgan fingerprint density at radius 1 is 0.529 bits per heavy atom. The summed E-state index contributed by atoms with van der Waals surface area (Å²) in [6.45, 7) is 0. The van der Waals surface area contributed by atoms with Gasteiger partial charge in [-0.3, -0.25) is 0 Å². The van der Waals surface area contributed by atoms with E-state index in [0.717, 1.165) is 39.2 Å². The van der Waals surface area contributed by atoms with Gasteiger partial charge in [-0.25, -0.2) is 0 Å². The Morgan fingerprint density at radius 3 is 1.41 bits per heavy atom. The van der Waals surface area contributed by atoms with Crippen molar-refractivity contribution in [3.8, 4) is 33.6 Å². The third kappa shape index (κ3) is 4.79. The maximum atomic E-state index is 13.1. The Labute approximate surface area is 199 Å². The van der Waals surface area contributed by atoms with Gasteiger partial charge < -0.3 is 5.11 Å². The highest BCUT2D eigenvalue weighted by Gasteiger charge is 2.23. The van der Waals surface area contributed by atoms with Gasteiger partial charge in [0, 0.05) is 35.6 Å². The minimum atomic E-state index is -0.196. The average Bonchev–Trinajstić information content (AvgIpc) is 2.91. The SMILES string of the molecule is [O-]/C(Cc1ccccc1)=N\[n+]1c(-c2ccccc2)cc(-c2ccccc2)cc1-c1ccccc1. The van der Waals surface area contributed by atoms with E-state index in [1.807, 2.05) is 109 Å². The van der Waals surface area contributed by atoms with Crippen molar-refractivity contribution in [3.05, 3.63) is 139 Å². The summed E-state index contributed by atoms with van der Waals surface area (Å²) in [6, 6.07) is 44.4. The Hall–Kier alpha value is -4.50. The van der Waals surface area contributed by atoms with Gasteiger partial charge in [0.05, 0.1) is 0 Å². The van der Waals surface area contributed by atoms with Crippen LogP contribution in [-0.2, 0) is 6.42 Å². The molecule has 4 aromatic carbocycles. The molecule has 164 valence electrons. The Morgan fingerprint density at radius 2 is 0.941 bits per heavy atom. The molecule has 0 bridgehead atoms. The molecule has 0 amide bonds. The lowest BCUT2D eigenvalue weighted by atomic mass is 10.00. The predicted molar refractivity (Wildman–Crippen MR) is 136 cm³/mol. The standard InChI is InChI=1S/C31H24N2O/c34-31(21-24-13-5-1-6-14-24)32-33-29(26-17-9-3-10-18-26)22-28(25-15-7-2-8-16-25)23-30(33)27-19-11-4-12-20-27/h1-20,22-23H,21H2. The van der Waals surface area contributed by atoms with Gasteiger partial charge >= 0.3 is 0 Å². The second-order valence-electron chi connectivity index (χ2n) is 8.08. The molecule has 0 fully saturated rings. The molecule has 0 aliphatic rings. The van der Waals surface area contributed by atoms with Crippen molar-refractivity contribution in [2.24, 2.45) is 5.10 Å². The Kier molecular flexibility index (Phi) is 6.26. The summed E-state index contributed by atoms with van der Waals surface area (Å²) in [5, 5.41) is 17.7. The van der Waals surface area contributed by atoms with Gasteiger partial charge in [-0.2, -0.15) is 0 Å². The predicted octanol–water partition coefficient (Wildman–Crippen LogP) is 5.74. The molecule has 0 N–H and O–H groups in total. The van der Waals surface area contributed by atoms with Crippen LogP contribution < -0.4 is 9.78 Å². The molecule has 3 nitrogen and oxygen atoms in total. The minimum Gasteiger partial charge on any atom is -0.857 e. The average molecular weight is 441 g/mol. The molecule has 0 aliphatic carbocycles. The summed E-state index contributed by atoms with van der Waals surface area (Å²) >= 11 is 0. The second kappa shape index (κ2) is 9.97. The fourth-order valence-electron chi connectivity index (χ4n) is 4.04. The minimum absolute atomic E-state index is 0.196. The van der Waals surface area contributed by atoms with Crippen molar-refractivity contribution in [2.75, 3.05) is 0 Å². The normalized spacial score (nSPS) is 11.4. The monoisotopic (exact) mass is 440 g/mol. The van der Waals surface area contributed by atoms with E-state index in [1.54, 1.807) is 4.68 Å². The van der Waals surface area contributed by atoms with Crippen LogP contribution in [0.5, 0.6) is 0 Å². The first kappa shape index (κ1) is 21.4. The summed E-state index contributed by atoms with van der Waals surface area (Å²) in [7, 11) is 0. The van der Waals surface area contributed by atoms with E-state index in [0.29, 0.717) is 0 Å². The molecule has 1 heterocycles. The van der Waals surface area contributed by atoms with Crippen molar-refractivity contribution in [2.45, 2.75) is 6.42 Å². The van der Waals surface area contributed by atoms with Gasteiger partial charge in [-0.15, -0.1) is 0 Å². The van der Waals surface area contributed by atoms with Crippen molar-refractivity contribution in [3.63, 3.8) is 0 Å². The molecule has 5 rings (SSSR count). The number of benzene rings is 4. The molecule has 0 saturated heterocycles. The summed E-state index contributed by atoms with van der Waals surface area (Å²) in [5.41, 5.74) is 6.84. The summed E-state index contributed by atoms with van der Waals surface area (Å²) in [5.74, 6) is -0.196. The highest BCUT2D eigenvalue weighted by atomic mass is 16.3. The van der Waals surface area contributed by atoms with E-state index < -0.39 is 0 Å². The molecule has 0 saturated carbocycles. The van der Waals surface area contributed by atoms with E-state index in [9.17, 15) is 5.11 Å². The van der Waals surface area contributed by atoms with Gasteiger partial charge in [0.2, 0.25) is 11.4 Å². The first-order chi connectivity index (χ1) is 16.8. The van der Waals surface area contributed by atoms with Crippen LogP contribution in [0.2, 0.25) is 0 Å². The zero-order valence-electron chi connectivity index (χ0n) is 18.7. The fourth-order valence-corrected chi connectivity index (χ4v) is 4.04. The zero-order valence-corrected chi connectivity index (χ0v) is 18.7. The zero-order chi connectivity index (χ0) is 23.2. The summed E-state index contributed by atoms with van der Waals surface area (Å²) in [4.78, 5) is 0. The smallest absolute Gasteiger partial charge is 0.246 e. The van der Waals surface area contributed by atoms with Crippen LogP contribution in [0, 0.1) is 0 Å². The first-order valence-electron chi connectivity index (χ1n) is 11.3. The molecule has 3 heteroatoms.